The lowest BCUT2D eigenvalue weighted by molar-refractivity contribution is 0.639. The Labute approximate surface area is 89.4 Å². The zero-order valence-corrected chi connectivity index (χ0v) is 9.07. The Morgan fingerprint density at radius 2 is 2.21 bits per heavy atom. The van der Waals surface area contributed by atoms with Crippen molar-refractivity contribution in [3.8, 4) is 0 Å². The summed E-state index contributed by atoms with van der Waals surface area (Å²) in [5.74, 6) is -0.214. The minimum atomic E-state index is -0.214. The van der Waals surface area contributed by atoms with E-state index in [4.69, 9.17) is 5.73 Å². The zero-order valence-electron chi connectivity index (χ0n) is 7.48. The molecule has 0 spiro atoms. The van der Waals surface area contributed by atoms with Gasteiger partial charge in [0.25, 0.3) is 0 Å². The highest BCUT2D eigenvalue weighted by atomic mass is 79.9. The number of H-pyrrole nitrogens is 1. The average molecular weight is 257 g/mol. The van der Waals surface area contributed by atoms with Crippen LogP contribution in [0.3, 0.4) is 0 Å². The van der Waals surface area contributed by atoms with Gasteiger partial charge in [-0.2, -0.15) is 0 Å². The van der Waals surface area contributed by atoms with E-state index in [9.17, 15) is 4.39 Å². The van der Waals surface area contributed by atoms with Crippen LogP contribution in [0.4, 0.5) is 4.39 Å². The number of hydrogen-bond acceptors (Lipinski definition) is 1. The van der Waals surface area contributed by atoms with Gasteiger partial charge in [0.15, 0.2) is 0 Å². The third kappa shape index (κ3) is 1.44. The maximum absolute atomic E-state index is 13.4. The molecule has 1 aromatic heterocycles. The van der Waals surface area contributed by atoms with Gasteiger partial charge in [0.05, 0.1) is 0 Å². The van der Waals surface area contributed by atoms with E-state index in [1.54, 1.807) is 6.07 Å². The molecular formula is C10H10BrFN2. The summed E-state index contributed by atoms with van der Waals surface area (Å²) >= 11 is 3.38. The van der Waals surface area contributed by atoms with E-state index in [1.165, 1.54) is 6.07 Å². The Bertz CT molecular complexity index is 464. The highest BCUT2D eigenvalue weighted by Crippen LogP contribution is 2.29. The summed E-state index contributed by atoms with van der Waals surface area (Å²) in [4.78, 5) is 3.14. The standard InChI is InChI=1S/C10H10BrFN2/c11-10-8(4-5-13)14-7-3-1-2-6(12)9(7)10/h1-3,14H,4-5,13H2. The molecule has 2 aromatic rings. The molecule has 0 radical (unpaired) electrons. The van der Waals surface area contributed by atoms with E-state index in [0.717, 1.165) is 15.7 Å². The van der Waals surface area contributed by atoms with Crippen LogP contribution in [-0.2, 0) is 6.42 Å². The minimum absolute atomic E-state index is 0.214. The molecule has 0 aliphatic rings. The van der Waals surface area contributed by atoms with Gasteiger partial charge in [-0.25, -0.2) is 4.39 Å². The first-order chi connectivity index (χ1) is 6.74. The Morgan fingerprint density at radius 1 is 1.43 bits per heavy atom. The van der Waals surface area contributed by atoms with Crippen molar-refractivity contribution in [3.05, 3.63) is 34.2 Å². The van der Waals surface area contributed by atoms with E-state index >= 15 is 0 Å². The highest BCUT2D eigenvalue weighted by Gasteiger charge is 2.11. The number of nitrogens with one attached hydrogen (secondary N) is 1. The number of halogens is 2. The van der Waals surface area contributed by atoms with Crippen molar-refractivity contribution in [2.45, 2.75) is 6.42 Å². The number of aromatic nitrogens is 1. The largest absolute Gasteiger partial charge is 0.357 e. The molecule has 1 aromatic carbocycles. The molecule has 0 unspecified atom stereocenters. The molecule has 0 fully saturated rings. The lowest BCUT2D eigenvalue weighted by Crippen LogP contribution is -2.03. The number of rotatable bonds is 2. The number of aromatic amines is 1. The van der Waals surface area contributed by atoms with Crippen LogP contribution in [0.25, 0.3) is 10.9 Å². The molecule has 0 amide bonds. The number of nitrogens with two attached hydrogens (primary N) is 1. The van der Waals surface area contributed by atoms with E-state index in [2.05, 4.69) is 20.9 Å². The molecule has 1 heterocycles. The first-order valence-electron chi connectivity index (χ1n) is 4.38. The number of fused-ring (bicyclic) bond motifs is 1. The lowest BCUT2D eigenvalue weighted by atomic mass is 10.2. The van der Waals surface area contributed by atoms with Gasteiger partial charge < -0.3 is 10.7 Å². The van der Waals surface area contributed by atoms with Crippen molar-refractivity contribution >= 4 is 26.8 Å². The zero-order chi connectivity index (χ0) is 10.1. The van der Waals surface area contributed by atoms with Crippen molar-refractivity contribution in [2.75, 3.05) is 6.54 Å². The predicted octanol–water partition coefficient (Wildman–Crippen LogP) is 2.57. The van der Waals surface area contributed by atoms with Crippen molar-refractivity contribution in [2.24, 2.45) is 5.73 Å². The molecule has 0 saturated carbocycles. The van der Waals surface area contributed by atoms with Gasteiger partial charge in [0.1, 0.15) is 5.82 Å². The van der Waals surface area contributed by atoms with Gasteiger partial charge in [-0.1, -0.05) is 6.07 Å². The summed E-state index contributed by atoms with van der Waals surface area (Å²) in [6, 6.07) is 4.99. The van der Waals surface area contributed by atoms with Gasteiger partial charge in [0.2, 0.25) is 0 Å². The quantitative estimate of drug-likeness (QED) is 0.853. The first-order valence-corrected chi connectivity index (χ1v) is 5.18. The van der Waals surface area contributed by atoms with Crippen LogP contribution >= 0.6 is 15.9 Å². The van der Waals surface area contributed by atoms with E-state index in [1.807, 2.05) is 6.07 Å². The topological polar surface area (TPSA) is 41.8 Å². The second kappa shape index (κ2) is 3.71. The molecule has 0 aliphatic carbocycles. The van der Waals surface area contributed by atoms with Gasteiger partial charge >= 0.3 is 0 Å². The normalized spacial score (nSPS) is 11.1. The summed E-state index contributed by atoms with van der Waals surface area (Å²) < 4.78 is 14.2. The van der Waals surface area contributed by atoms with E-state index < -0.39 is 0 Å². The van der Waals surface area contributed by atoms with Gasteiger partial charge in [-0.3, -0.25) is 0 Å². The van der Waals surface area contributed by atoms with Crippen molar-refractivity contribution in [1.29, 1.82) is 0 Å². The van der Waals surface area contributed by atoms with E-state index in [-0.39, 0.29) is 5.82 Å². The van der Waals surface area contributed by atoms with Crippen molar-refractivity contribution < 1.29 is 4.39 Å². The highest BCUT2D eigenvalue weighted by molar-refractivity contribution is 9.10. The lowest BCUT2D eigenvalue weighted by Gasteiger charge is -1.94. The molecule has 2 rings (SSSR count). The second-order valence-electron chi connectivity index (χ2n) is 3.12. The van der Waals surface area contributed by atoms with Gasteiger partial charge in [-0.15, -0.1) is 0 Å². The summed E-state index contributed by atoms with van der Waals surface area (Å²) in [5, 5.41) is 0.607. The molecule has 2 nitrogen and oxygen atoms in total. The Morgan fingerprint density at radius 3 is 2.86 bits per heavy atom. The Kier molecular flexibility index (Phi) is 2.56. The molecule has 0 saturated heterocycles. The third-order valence-electron chi connectivity index (χ3n) is 2.18. The third-order valence-corrected chi connectivity index (χ3v) is 3.05. The number of hydrogen-bond donors (Lipinski definition) is 2. The van der Waals surface area contributed by atoms with Gasteiger partial charge in [-0.05, 0) is 34.6 Å². The fraction of sp³-hybridized carbons (Fsp3) is 0.200. The van der Waals surface area contributed by atoms with Crippen LogP contribution in [0.2, 0.25) is 0 Å². The fourth-order valence-corrected chi connectivity index (χ4v) is 2.24. The van der Waals surface area contributed by atoms with Crippen LogP contribution in [-0.4, -0.2) is 11.5 Å². The fourth-order valence-electron chi connectivity index (χ4n) is 1.54. The Hall–Kier alpha value is -0.870. The van der Waals surface area contributed by atoms with Crippen LogP contribution in [0.1, 0.15) is 5.69 Å². The smallest absolute Gasteiger partial charge is 0.133 e. The molecule has 0 aliphatic heterocycles. The molecule has 3 N–H and O–H groups in total. The number of benzene rings is 1. The summed E-state index contributed by atoms with van der Waals surface area (Å²) in [7, 11) is 0. The molecule has 4 heteroatoms. The second-order valence-corrected chi connectivity index (χ2v) is 3.91. The summed E-state index contributed by atoms with van der Waals surface area (Å²) in [6.45, 7) is 0.549. The van der Waals surface area contributed by atoms with Crippen LogP contribution in [0, 0.1) is 5.82 Å². The Balaban J connectivity index is 2.68. The molecule has 0 atom stereocenters. The molecule has 14 heavy (non-hydrogen) atoms. The molecular weight excluding hydrogens is 247 g/mol. The van der Waals surface area contributed by atoms with Gasteiger partial charge in [0, 0.05) is 27.5 Å². The molecule has 0 bridgehead atoms. The first kappa shape index (κ1) is 9.68. The average Bonchev–Trinajstić information content (AvgIpc) is 2.46. The molecule has 74 valence electrons. The summed E-state index contributed by atoms with van der Waals surface area (Å²) in [6.07, 6.45) is 0.717. The van der Waals surface area contributed by atoms with Crippen molar-refractivity contribution in [1.82, 2.24) is 4.98 Å². The monoisotopic (exact) mass is 256 g/mol. The maximum Gasteiger partial charge on any atom is 0.133 e. The summed E-state index contributed by atoms with van der Waals surface area (Å²) in [5.41, 5.74) is 7.21. The SMILES string of the molecule is NCCc1[nH]c2cccc(F)c2c1Br. The van der Waals surface area contributed by atoms with Crippen LogP contribution < -0.4 is 5.73 Å². The van der Waals surface area contributed by atoms with Crippen LogP contribution in [0.5, 0.6) is 0 Å². The van der Waals surface area contributed by atoms with Crippen molar-refractivity contribution in [3.63, 3.8) is 0 Å². The minimum Gasteiger partial charge on any atom is -0.357 e. The predicted molar refractivity (Wildman–Crippen MR) is 58.7 cm³/mol. The van der Waals surface area contributed by atoms with E-state index in [0.29, 0.717) is 18.4 Å². The maximum atomic E-state index is 13.4. The van der Waals surface area contributed by atoms with Crippen LogP contribution in [0.15, 0.2) is 22.7 Å².